The van der Waals surface area contributed by atoms with Crippen molar-refractivity contribution in [3.63, 3.8) is 0 Å². The molecule has 1 aliphatic carbocycles. The van der Waals surface area contributed by atoms with Crippen LogP contribution in [0.3, 0.4) is 0 Å². The summed E-state index contributed by atoms with van der Waals surface area (Å²) in [4.78, 5) is 27.5. The number of primary amides is 1. The monoisotopic (exact) mass is 339 g/mol. The van der Waals surface area contributed by atoms with Gasteiger partial charge in [0.05, 0.1) is 0 Å². The minimum Gasteiger partial charge on any atom is -0.385 e. The van der Waals surface area contributed by atoms with Crippen molar-refractivity contribution in [2.45, 2.75) is 56.9 Å². The second kappa shape index (κ2) is 7.83. The minimum absolute atomic E-state index is 0.107. The van der Waals surface area contributed by atoms with Crippen LogP contribution < -0.4 is 5.73 Å². The van der Waals surface area contributed by atoms with Crippen molar-refractivity contribution in [3.05, 3.63) is 0 Å². The van der Waals surface area contributed by atoms with Crippen LogP contribution in [0.1, 0.15) is 51.4 Å². The van der Waals surface area contributed by atoms with Gasteiger partial charge in [0.25, 0.3) is 0 Å². The fourth-order valence-corrected chi connectivity index (χ4v) is 4.48. The number of amides is 2. The maximum Gasteiger partial charge on any atom is 0.223 e. The van der Waals surface area contributed by atoms with Crippen molar-refractivity contribution in [1.29, 1.82) is 0 Å². The van der Waals surface area contributed by atoms with Crippen molar-refractivity contribution >= 4 is 11.8 Å². The van der Waals surface area contributed by atoms with E-state index in [9.17, 15) is 9.59 Å². The van der Waals surface area contributed by atoms with Crippen LogP contribution in [0.5, 0.6) is 0 Å². The molecule has 0 bridgehead atoms. The molecule has 0 atom stereocenters. The molecule has 0 aromatic heterocycles. The number of nitrogens with zero attached hydrogens (tertiary/aromatic N) is 2. The van der Waals surface area contributed by atoms with Gasteiger partial charge in [-0.15, -0.1) is 0 Å². The Labute approximate surface area is 145 Å². The maximum absolute atomic E-state index is 12.3. The summed E-state index contributed by atoms with van der Waals surface area (Å²) in [6.07, 6.45) is 7.53. The Kier molecular flexibility index (Phi) is 6.26. The average molecular weight is 339 g/mol. The maximum atomic E-state index is 12.3. The molecule has 2 fully saturated rings. The highest BCUT2D eigenvalue weighted by Crippen LogP contribution is 2.49. The van der Waals surface area contributed by atoms with Crippen molar-refractivity contribution in [2.24, 2.45) is 11.1 Å². The molecule has 1 saturated heterocycles. The van der Waals surface area contributed by atoms with Crippen molar-refractivity contribution < 1.29 is 14.3 Å². The zero-order valence-corrected chi connectivity index (χ0v) is 15.5. The van der Waals surface area contributed by atoms with Gasteiger partial charge in [0.15, 0.2) is 0 Å². The number of hydrogen-bond donors (Lipinski definition) is 1. The van der Waals surface area contributed by atoms with Gasteiger partial charge in [0, 0.05) is 45.2 Å². The van der Waals surface area contributed by atoms with Crippen LogP contribution in [0, 0.1) is 5.41 Å². The summed E-state index contributed by atoms with van der Waals surface area (Å²) in [5, 5.41) is 0. The Balaban J connectivity index is 1.95. The number of methoxy groups -OCH3 is 1. The number of carbonyl (C=O) groups is 2. The van der Waals surface area contributed by atoms with Gasteiger partial charge in [-0.2, -0.15) is 0 Å². The molecule has 2 rings (SSSR count). The zero-order valence-electron chi connectivity index (χ0n) is 15.5. The highest BCUT2D eigenvalue weighted by atomic mass is 16.5. The first kappa shape index (κ1) is 19.2. The number of nitrogens with two attached hydrogens (primary N) is 1. The van der Waals surface area contributed by atoms with Crippen LogP contribution in [-0.4, -0.2) is 68.1 Å². The summed E-state index contributed by atoms with van der Waals surface area (Å²) in [7, 11) is 6.09. The van der Waals surface area contributed by atoms with Gasteiger partial charge in [0.2, 0.25) is 11.8 Å². The predicted molar refractivity (Wildman–Crippen MR) is 93.4 cm³/mol. The molecule has 0 aromatic carbocycles. The largest absolute Gasteiger partial charge is 0.385 e. The molecule has 2 aliphatic rings. The van der Waals surface area contributed by atoms with Crippen LogP contribution in [0.25, 0.3) is 0 Å². The fourth-order valence-electron chi connectivity index (χ4n) is 4.48. The summed E-state index contributed by atoms with van der Waals surface area (Å²) in [5.74, 6) is -0.148. The number of hydrogen-bond acceptors (Lipinski definition) is 4. The average Bonchev–Trinajstić information content (AvgIpc) is 2.83. The Morgan fingerprint density at radius 2 is 1.96 bits per heavy atom. The highest BCUT2D eigenvalue weighted by Gasteiger charge is 2.49. The van der Waals surface area contributed by atoms with Crippen LogP contribution in [0.4, 0.5) is 0 Å². The molecule has 1 spiro atoms. The standard InChI is InChI=1S/C18H33N3O3/c1-20(2)18(6-4-12-24-3)9-7-17(8-10-18)13-16(23)21(14-17)11-5-15(19)22/h4-14H2,1-3H3,(H2,19,22). The molecular formula is C18H33N3O3. The summed E-state index contributed by atoms with van der Waals surface area (Å²) in [6, 6.07) is 0. The SMILES string of the molecule is COCCCC1(N(C)C)CCC2(CC1)CC(=O)N(CCC(N)=O)C2. The first-order valence-corrected chi connectivity index (χ1v) is 9.05. The molecule has 6 heteroatoms. The third-order valence-electron chi connectivity index (χ3n) is 6.21. The first-order chi connectivity index (χ1) is 11.3. The van der Waals surface area contributed by atoms with E-state index in [1.54, 1.807) is 7.11 Å². The first-order valence-electron chi connectivity index (χ1n) is 9.05. The van der Waals surface area contributed by atoms with Crippen molar-refractivity contribution in [2.75, 3.05) is 40.9 Å². The van der Waals surface area contributed by atoms with E-state index in [0.29, 0.717) is 13.0 Å². The van der Waals surface area contributed by atoms with Crippen LogP contribution in [-0.2, 0) is 14.3 Å². The molecule has 2 N–H and O–H groups in total. The number of rotatable bonds is 8. The van der Waals surface area contributed by atoms with Gasteiger partial charge in [-0.3, -0.25) is 9.59 Å². The van der Waals surface area contributed by atoms with E-state index in [1.807, 2.05) is 4.90 Å². The smallest absolute Gasteiger partial charge is 0.223 e. The third-order valence-corrected chi connectivity index (χ3v) is 6.21. The molecule has 2 amide bonds. The van der Waals surface area contributed by atoms with Gasteiger partial charge < -0.3 is 20.3 Å². The molecular weight excluding hydrogens is 306 g/mol. The molecule has 1 aliphatic heterocycles. The summed E-state index contributed by atoms with van der Waals surface area (Å²) >= 11 is 0. The Bertz CT molecular complexity index is 456. The van der Waals surface area contributed by atoms with E-state index in [0.717, 1.165) is 51.7 Å². The van der Waals surface area contributed by atoms with Crippen LogP contribution in [0.2, 0.25) is 0 Å². The van der Waals surface area contributed by atoms with E-state index in [-0.39, 0.29) is 29.2 Å². The minimum atomic E-state index is -0.336. The quantitative estimate of drug-likeness (QED) is 0.678. The van der Waals surface area contributed by atoms with E-state index in [4.69, 9.17) is 10.5 Å². The lowest BCUT2D eigenvalue weighted by atomic mass is 9.65. The molecule has 0 radical (unpaired) electrons. The normalized spacial score (nSPS) is 30.5. The molecule has 1 saturated carbocycles. The fraction of sp³-hybridized carbons (Fsp3) is 0.889. The highest BCUT2D eigenvalue weighted by molar-refractivity contribution is 5.80. The second-order valence-corrected chi connectivity index (χ2v) is 7.92. The Morgan fingerprint density at radius 1 is 1.29 bits per heavy atom. The van der Waals surface area contributed by atoms with Crippen LogP contribution >= 0.6 is 0 Å². The lowest BCUT2D eigenvalue weighted by Crippen LogP contribution is -2.49. The Morgan fingerprint density at radius 3 is 2.50 bits per heavy atom. The van der Waals surface area contributed by atoms with E-state index < -0.39 is 0 Å². The van der Waals surface area contributed by atoms with Gasteiger partial charge >= 0.3 is 0 Å². The molecule has 1 heterocycles. The van der Waals surface area contributed by atoms with Crippen molar-refractivity contribution in [3.8, 4) is 0 Å². The molecule has 138 valence electrons. The van der Waals surface area contributed by atoms with Gasteiger partial charge in [-0.05, 0) is 58.0 Å². The lowest BCUT2D eigenvalue weighted by Gasteiger charge is -2.48. The Hall–Kier alpha value is -1.14. The summed E-state index contributed by atoms with van der Waals surface area (Å²) in [6.45, 7) is 2.07. The second-order valence-electron chi connectivity index (χ2n) is 7.92. The number of likely N-dealkylation sites (tertiary alicyclic amines) is 1. The summed E-state index contributed by atoms with van der Waals surface area (Å²) < 4.78 is 5.22. The van der Waals surface area contributed by atoms with Crippen LogP contribution in [0.15, 0.2) is 0 Å². The molecule has 0 unspecified atom stereocenters. The third kappa shape index (κ3) is 4.28. The van der Waals surface area contributed by atoms with E-state index in [2.05, 4.69) is 19.0 Å². The zero-order chi connectivity index (χ0) is 17.8. The van der Waals surface area contributed by atoms with Gasteiger partial charge in [-0.25, -0.2) is 0 Å². The lowest BCUT2D eigenvalue weighted by molar-refractivity contribution is -0.128. The number of ether oxygens (including phenoxy) is 1. The van der Waals surface area contributed by atoms with Gasteiger partial charge in [-0.1, -0.05) is 0 Å². The van der Waals surface area contributed by atoms with E-state index >= 15 is 0 Å². The summed E-state index contributed by atoms with van der Waals surface area (Å²) in [5.41, 5.74) is 5.56. The van der Waals surface area contributed by atoms with Crippen molar-refractivity contribution in [1.82, 2.24) is 9.80 Å². The van der Waals surface area contributed by atoms with E-state index in [1.165, 1.54) is 0 Å². The molecule has 0 aromatic rings. The molecule has 24 heavy (non-hydrogen) atoms. The number of carbonyl (C=O) groups excluding carboxylic acids is 2. The topological polar surface area (TPSA) is 75.9 Å². The molecule has 6 nitrogen and oxygen atoms in total. The van der Waals surface area contributed by atoms with Gasteiger partial charge in [0.1, 0.15) is 0 Å². The predicted octanol–water partition coefficient (Wildman–Crippen LogP) is 1.38.